The van der Waals surface area contributed by atoms with Crippen molar-refractivity contribution >= 4 is 11.8 Å². The van der Waals surface area contributed by atoms with Crippen LogP contribution in [0.25, 0.3) is 0 Å². The molecule has 7 heteroatoms. The molecule has 0 aromatic heterocycles. The number of piperazine rings is 1. The summed E-state index contributed by atoms with van der Waals surface area (Å²) in [5.41, 5.74) is 1.58. The Balaban J connectivity index is 1.60. The predicted molar refractivity (Wildman–Crippen MR) is 123 cm³/mol. The maximum Gasteiger partial charge on any atom is 0.263 e. The van der Waals surface area contributed by atoms with Crippen LogP contribution in [0.1, 0.15) is 42.6 Å². The maximum atomic E-state index is 13.0. The molecule has 1 aliphatic heterocycles. The normalized spacial score (nSPS) is 14.8. The zero-order chi connectivity index (χ0) is 23.3. The van der Waals surface area contributed by atoms with E-state index in [0.717, 1.165) is 11.3 Å². The van der Waals surface area contributed by atoms with Gasteiger partial charge in [0.05, 0.1) is 14.2 Å². The van der Waals surface area contributed by atoms with Crippen molar-refractivity contribution in [2.75, 3.05) is 40.4 Å². The molecule has 1 aliphatic rings. The summed E-state index contributed by atoms with van der Waals surface area (Å²) in [6.45, 7) is 7.82. The minimum absolute atomic E-state index is 0.0706. The first-order valence-electron chi connectivity index (χ1n) is 10.9. The van der Waals surface area contributed by atoms with Crippen LogP contribution in [0.5, 0.6) is 17.2 Å². The second-order valence-electron chi connectivity index (χ2n) is 8.17. The molecule has 1 saturated heterocycles. The van der Waals surface area contributed by atoms with Gasteiger partial charge in [0.25, 0.3) is 11.8 Å². The zero-order valence-corrected chi connectivity index (χ0v) is 19.5. The Morgan fingerprint density at radius 3 is 1.97 bits per heavy atom. The lowest BCUT2D eigenvalue weighted by atomic mass is 10.0. The molecule has 0 spiro atoms. The number of nitrogens with zero attached hydrogens (tertiary/aromatic N) is 2. The number of methoxy groups -OCH3 is 2. The molecule has 0 radical (unpaired) electrons. The Bertz CT molecular complexity index is 929. The van der Waals surface area contributed by atoms with Gasteiger partial charge in [-0.1, -0.05) is 32.0 Å². The Hall–Kier alpha value is -3.22. The first-order valence-corrected chi connectivity index (χ1v) is 10.9. The Morgan fingerprint density at radius 2 is 1.41 bits per heavy atom. The fraction of sp³-hybridized carbons (Fsp3) is 0.440. The molecular weight excluding hydrogens is 408 g/mol. The van der Waals surface area contributed by atoms with Crippen molar-refractivity contribution in [2.24, 2.45) is 0 Å². The smallest absolute Gasteiger partial charge is 0.263 e. The minimum Gasteiger partial charge on any atom is -0.497 e. The quantitative estimate of drug-likeness (QED) is 0.658. The molecule has 7 nitrogen and oxygen atoms in total. The molecular formula is C25H32N2O5. The minimum atomic E-state index is -0.597. The molecule has 1 fully saturated rings. The first kappa shape index (κ1) is 23.4. The topological polar surface area (TPSA) is 68.3 Å². The molecule has 0 N–H and O–H groups in total. The van der Waals surface area contributed by atoms with E-state index in [9.17, 15) is 9.59 Å². The van der Waals surface area contributed by atoms with Gasteiger partial charge >= 0.3 is 0 Å². The van der Waals surface area contributed by atoms with Crippen molar-refractivity contribution < 1.29 is 23.8 Å². The summed E-state index contributed by atoms with van der Waals surface area (Å²) in [6, 6.07) is 12.9. The maximum absolute atomic E-state index is 13.0. The molecule has 1 unspecified atom stereocenters. The van der Waals surface area contributed by atoms with Gasteiger partial charge in [-0.15, -0.1) is 0 Å². The number of amides is 2. The molecule has 172 valence electrons. The summed E-state index contributed by atoms with van der Waals surface area (Å²) >= 11 is 0. The number of carbonyl (C=O) groups is 2. The second-order valence-corrected chi connectivity index (χ2v) is 8.17. The number of hydrogen-bond donors (Lipinski definition) is 0. The summed E-state index contributed by atoms with van der Waals surface area (Å²) in [7, 11) is 3.10. The van der Waals surface area contributed by atoms with E-state index in [1.165, 1.54) is 0 Å². The highest BCUT2D eigenvalue weighted by Gasteiger charge is 2.29. The van der Waals surface area contributed by atoms with Gasteiger partial charge in [0.2, 0.25) is 0 Å². The number of hydrogen-bond acceptors (Lipinski definition) is 5. The van der Waals surface area contributed by atoms with Crippen LogP contribution in [-0.4, -0.2) is 68.1 Å². The summed E-state index contributed by atoms with van der Waals surface area (Å²) in [5.74, 6) is 1.99. The van der Waals surface area contributed by atoms with Crippen molar-refractivity contribution in [2.45, 2.75) is 32.8 Å². The van der Waals surface area contributed by atoms with E-state index in [4.69, 9.17) is 14.2 Å². The van der Waals surface area contributed by atoms with Gasteiger partial charge in [0.15, 0.2) is 6.10 Å². The lowest BCUT2D eigenvalue weighted by Gasteiger charge is -2.36. The average Bonchev–Trinajstić information content (AvgIpc) is 2.82. The van der Waals surface area contributed by atoms with E-state index in [-0.39, 0.29) is 11.8 Å². The van der Waals surface area contributed by atoms with Crippen LogP contribution in [-0.2, 0) is 4.79 Å². The first-order chi connectivity index (χ1) is 15.3. The van der Waals surface area contributed by atoms with Crippen LogP contribution in [0, 0.1) is 0 Å². The van der Waals surface area contributed by atoms with Crippen molar-refractivity contribution in [1.29, 1.82) is 0 Å². The molecule has 32 heavy (non-hydrogen) atoms. The van der Waals surface area contributed by atoms with Crippen LogP contribution in [0.4, 0.5) is 0 Å². The van der Waals surface area contributed by atoms with Crippen LogP contribution < -0.4 is 14.2 Å². The summed E-state index contributed by atoms with van der Waals surface area (Å²) in [6.07, 6.45) is -0.597. The van der Waals surface area contributed by atoms with E-state index in [2.05, 4.69) is 13.8 Å². The Labute approximate surface area is 189 Å². The molecule has 2 amide bonds. The molecule has 1 atom stereocenters. The number of benzene rings is 2. The van der Waals surface area contributed by atoms with E-state index >= 15 is 0 Å². The summed E-state index contributed by atoms with van der Waals surface area (Å²) in [5, 5.41) is 0. The van der Waals surface area contributed by atoms with Gasteiger partial charge < -0.3 is 24.0 Å². The third-order valence-corrected chi connectivity index (χ3v) is 5.67. The monoisotopic (exact) mass is 440 g/mol. The number of para-hydroxylation sites is 1. The Morgan fingerprint density at radius 1 is 0.844 bits per heavy atom. The lowest BCUT2D eigenvalue weighted by Crippen LogP contribution is -2.53. The van der Waals surface area contributed by atoms with E-state index in [1.54, 1.807) is 49.1 Å². The van der Waals surface area contributed by atoms with Gasteiger partial charge in [0.1, 0.15) is 17.2 Å². The molecule has 2 aromatic carbocycles. The SMILES string of the molecule is COc1cc(OC)cc(C(=O)N2CCN(C(=O)C(C)Oc3ccccc3C(C)C)CC2)c1. The molecule has 0 saturated carbocycles. The largest absolute Gasteiger partial charge is 0.497 e. The predicted octanol–water partition coefficient (Wildman–Crippen LogP) is 3.58. The number of rotatable bonds is 7. The van der Waals surface area contributed by atoms with Crippen LogP contribution in [0.3, 0.4) is 0 Å². The molecule has 2 aromatic rings. The summed E-state index contributed by atoms with van der Waals surface area (Å²) in [4.78, 5) is 29.4. The molecule has 3 rings (SSSR count). The standard InChI is InChI=1S/C25H32N2O5/c1-17(2)22-8-6-7-9-23(22)32-18(3)24(28)26-10-12-27(13-11-26)25(29)19-14-20(30-4)16-21(15-19)31-5/h6-9,14-18H,10-13H2,1-5H3. The third kappa shape index (κ3) is 5.33. The van der Waals surface area contributed by atoms with Gasteiger partial charge in [0, 0.05) is 37.8 Å². The number of ether oxygens (including phenoxy) is 3. The highest BCUT2D eigenvalue weighted by Crippen LogP contribution is 2.27. The number of carbonyl (C=O) groups excluding carboxylic acids is 2. The highest BCUT2D eigenvalue weighted by atomic mass is 16.5. The van der Waals surface area contributed by atoms with Crippen molar-refractivity contribution in [3.63, 3.8) is 0 Å². The molecule has 1 heterocycles. The van der Waals surface area contributed by atoms with E-state index < -0.39 is 6.10 Å². The van der Waals surface area contributed by atoms with Crippen molar-refractivity contribution in [1.82, 2.24) is 9.80 Å². The molecule has 0 bridgehead atoms. The third-order valence-electron chi connectivity index (χ3n) is 5.67. The average molecular weight is 441 g/mol. The molecule has 0 aliphatic carbocycles. The van der Waals surface area contributed by atoms with Crippen molar-refractivity contribution in [3.8, 4) is 17.2 Å². The van der Waals surface area contributed by atoms with Crippen LogP contribution in [0.15, 0.2) is 42.5 Å². The summed E-state index contributed by atoms with van der Waals surface area (Å²) < 4.78 is 16.5. The second kappa shape index (κ2) is 10.4. The van der Waals surface area contributed by atoms with Gasteiger partial charge in [-0.25, -0.2) is 0 Å². The zero-order valence-electron chi connectivity index (χ0n) is 19.5. The Kier molecular flexibility index (Phi) is 7.62. The van der Waals surface area contributed by atoms with Crippen LogP contribution in [0.2, 0.25) is 0 Å². The fourth-order valence-electron chi connectivity index (χ4n) is 3.81. The fourth-order valence-corrected chi connectivity index (χ4v) is 3.81. The van der Waals surface area contributed by atoms with Gasteiger partial charge in [-0.3, -0.25) is 9.59 Å². The van der Waals surface area contributed by atoms with E-state index in [1.807, 2.05) is 24.3 Å². The van der Waals surface area contributed by atoms with Gasteiger partial charge in [-0.2, -0.15) is 0 Å². The van der Waals surface area contributed by atoms with E-state index in [0.29, 0.717) is 49.2 Å². The van der Waals surface area contributed by atoms with Gasteiger partial charge in [-0.05, 0) is 36.6 Å². The lowest BCUT2D eigenvalue weighted by molar-refractivity contribution is -0.139. The van der Waals surface area contributed by atoms with Crippen LogP contribution >= 0.6 is 0 Å². The highest BCUT2D eigenvalue weighted by molar-refractivity contribution is 5.95. The van der Waals surface area contributed by atoms with Crippen molar-refractivity contribution in [3.05, 3.63) is 53.6 Å².